The first kappa shape index (κ1) is 17.0. The normalized spacial score (nSPS) is 10.6. The molecule has 0 radical (unpaired) electrons. The van der Waals surface area contributed by atoms with E-state index in [0.717, 1.165) is 5.76 Å². The van der Waals surface area contributed by atoms with Crippen molar-refractivity contribution in [1.82, 2.24) is 20.2 Å². The fourth-order valence-electron chi connectivity index (χ4n) is 2.12. The summed E-state index contributed by atoms with van der Waals surface area (Å²) < 4.78 is 12.4. The zero-order valence-corrected chi connectivity index (χ0v) is 14.4. The van der Waals surface area contributed by atoms with Crippen molar-refractivity contribution in [2.75, 3.05) is 17.7 Å². The molecular weight excluding hydrogens is 342 g/mol. The van der Waals surface area contributed by atoms with E-state index < -0.39 is 0 Å². The lowest BCUT2D eigenvalue weighted by atomic mass is 10.3. The Labute approximate surface area is 148 Å². The largest absolute Gasteiger partial charge is 0.492 e. The van der Waals surface area contributed by atoms with Gasteiger partial charge in [0.25, 0.3) is 0 Å². The standard InChI is InChI=1S/C16H17N5O3S/c1-2-23-14-8-4-3-7-13(14)17-15(22)11-25-16-18-19-20-21(16)10-12-6-5-9-24-12/h3-9H,2,10-11H2,1H3,(H,17,22). The van der Waals surface area contributed by atoms with Gasteiger partial charge < -0.3 is 14.5 Å². The van der Waals surface area contributed by atoms with Crippen molar-refractivity contribution in [3.05, 3.63) is 48.4 Å². The Morgan fingerprint density at radius 1 is 1.32 bits per heavy atom. The molecule has 0 saturated carbocycles. The number of ether oxygens (including phenoxy) is 1. The van der Waals surface area contributed by atoms with E-state index in [-0.39, 0.29) is 11.7 Å². The molecule has 25 heavy (non-hydrogen) atoms. The van der Waals surface area contributed by atoms with Crippen molar-refractivity contribution >= 4 is 23.4 Å². The Morgan fingerprint density at radius 2 is 2.20 bits per heavy atom. The average Bonchev–Trinajstić information content (AvgIpc) is 3.27. The van der Waals surface area contributed by atoms with E-state index in [4.69, 9.17) is 9.15 Å². The number of aromatic nitrogens is 4. The highest BCUT2D eigenvalue weighted by atomic mass is 32.2. The SMILES string of the molecule is CCOc1ccccc1NC(=O)CSc1nnnn1Cc1ccco1. The van der Waals surface area contributed by atoms with Crippen LogP contribution in [0.4, 0.5) is 5.69 Å². The Balaban J connectivity index is 1.57. The molecule has 0 aliphatic carbocycles. The third-order valence-electron chi connectivity index (χ3n) is 3.18. The summed E-state index contributed by atoms with van der Waals surface area (Å²) in [5.74, 6) is 1.40. The third kappa shape index (κ3) is 4.60. The van der Waals surface area contributed by atoms with Crippen LogP contribution in [0.5, 0.6) is 5.75 Å². The molecule has 0 atom stereocenters. The van der Waals surface area contributed by atoms with Gasteiger partial charge >= 0.3 is 0 Å². The van der Waals surface area contributed by atoms with Gasteiger partial charge in [0.15, 0.2) is 0 Å². The first-order chi connectivity index (χ1) is 12.3. The molecule has 2 aromatic heterocycles. The molecule has 0 spiro atoms. The minimum atomic E-state index is -0.162. The summed E-state index contributed by atoms with van der Waals surface area (Å²) in [5, 5.41) is 14.9. The summed E-state index contributed by atoms with van der Waals surface area (Å²) in [4.78, 5) is 12.2. The molecule has 0 bridgehead atoms. The van der Waals surface area contributed by atoms with Crippen LogP contribution < -0.4 is 10.1 Å². The number of para-hydroxylation sites is 2. The van der Waals surface area contributed by atoms with Crippen molar-refractivity contribution in [2.45, 2.75) is 18.6 Å². The highest BCUT2D eigenvalue weighted by Gasteiger charge is 2.13. The number of carbonyl (C=O) groups excluding carboxylic acids is 1. The highest BCUT2D eigenvalue weighted by Crippen LogP contribution is 2.24. The van der Waals surface area contributed by atoms with E-state index in [2.05, 4.69) is 20.8 Å². The molecule has 2 heterocycles. The van der Waals surface area contributed by atoms with Crippen molar-refractivity contribution < 1.29 is 13.9 Å². The van der Waals surface area contributed by atoms with Crippen LogP contribution in [0.2, 0.25) is 0 Å². The molecule has 0 unspecified atom stereocenters. The maximum atomic E-state index is 12.2. The second-order valence-electron chi connectivity index (χ2n) is 4.96. The number of thioether (sulfide) groups is 1. The maximum absolute atomic E-state index is 12.2. The van der Waals surface area contributed by atoms with E-state index >= 15 is 0 Å². The van der Waals surface area contributed by atoms with Gasteiger partial charge in [0.2, 0.25) is 11.1 Å². The molecule has 9 heteroatoms. The number of hydrogen-bond acceptors (Lipinski definition) is 7. The van der Waals surface area contributed by atoms with Crippen LogP contribution in [-0.4, -0.2) is 38.5 Å². The van der Waals surface area contributed by atoms with Gasteiger partial charge in [-0.2, -0.15) is 0 Å². The van der Waals surface area contributed by atoms with Crippen LogP contribution in [0.3, 0.4) is 0 Å². The van der Waals surface area contributed by atoms with E-state index in [1.165, 1.54) is 11.8 Å². The van der Waals surface area contributed by atoms with Gasteiger partial charge in [0, 0.05) is 0 Å². The summed E-state index contributed by atoms with van der Waals surface area (Å²) in [6, 6.07) is 11.0. The minimum Gasteiger partial charge on any atom is -0.492 e. The van der Waals surface area contributed by atoms with Crippen LogP contribution in [0.15, 0.2) is 52.2 Å². The molecule has 3 aromatic rings. The number of hydrogen-bond donors (Lipinski definition) is 1. The number of tetrazole rings is 1. The average molecular weight is 359 g/mol. The summed E-state index contributed by atoms with van der Waals surface area (Å²) in [6.45, 7) is 2.84. The van der Waals surface area contributed by atoms with Gasteiger partial charge in [-0.15, -0.1) is 5.10 Å². The monoisotopic (exact) mass is 359 g/mol. The summed E-state index contributed by atoms with van der Waals surface area (Å²) in [5.41, 5.74) is 0.644. The lowest BCUT2D eigenvalue weighted by molar-refractivity contribution is -0.113. The molecule has 3 rings (SSSR count). The molecule has 1 aromatic carbocycles. The van der Waals surface area contributed by atoms with Gasteiger partial charge in [-0.1, -0.05) is 23.9 Å². The van der Waals surface area contributed by atoms with Crippen molar-refractivity contribution in [1.29, 1.82) is 0 Å². The first-order valence-corrected chi connectivity index (χ1v) is 8.68. The molecular formula is C16H17N5O3S. The van der Waals surface area contributed by atoms with Crippen LogP contribution in [0.1, 0.15) is 12.7 Å². The lowest BCUT2D eigenvalue weighted by Crippen LogP contribution is -2.15. The van der Waals surface area contributed by atoms with Gasteiger partial charge in [-0.3, -0.25) is 4.79 Å². The Kier molecular flexibility index (Phi) is 5.68. The number of furan rings is 1. The Bertz CT molecular complexity index is 819. The second-order valence-corrected chi connectivity index (χ2v) is 5.91. The quantitative estimate of drug-likeness (QED) is 0.617. The van der Waals surface area contributed by atoms with E-state index in [0.29, 0.717) is 29.7 Å². The fourth-order valence-corrected chi connectivity index (χ4v) is 2.79. The van der Waals surface area contributed by atoms with E-state index in [1.54, 1.807) is 23.1 Å². The van der Waals surface area contributed by atoms with Crippen LogP contribution >= 0.6 is 11.8 Å². The molecule has 0 aliphatic heterocycles. The van der Waals surface area contributed by atoms with Crippen LogP contribution in [0, 0.1) is 0 Å². The molecule has 0 aliphatic rings. The number of nitrogens with one attached hydrogen (secondary N) is 1. The smallest absolute Gasteiger partial charge is 0.234 e. The first-order valence-electron chi connectivity index (χ1n) is 7.69. The second kappa shape index (κ2) is 8.34. The van der Waals surface area contributed by atoms with Gasteiger partial charge in [0.05, 0.1) is 24.3 Å². The highest BCUT2D eigenvalue weighted by molar-refractivity contribution is 7.99. The lowest BCUT2D eigenvalue weighted by Gasteiger charge is -2.10. The third-order valence-corrected chi connectivity index (χ3v) is 4.14. The maximum Gasteiger partial charge on any atom is 0.234 e. The minimum absolute atomic E-state index is 0.162. The van der Waals surface area contributed by atoms with Crippen LogP contribution in [-0.2, 0) is 11.3 Å². The Hall–Kier alpha value is -2.81. The topological polar surface area (TPSA) is 95.1 Å². The van der Waals surface area contributed by atoms with Crippen LogP contribution in [0.25, 0.3) is 0 Å². The van der Waals surface area contributed by atoms with Crippen molar-refractivity contribution in [3.8, 4) is 5.75 Å². The van der Waals surface area contributed by atoms with Crippen molar-refractivity contribution in [2.24, 2.45) is 0 Å². The molecule has 0 fully saturated rings. The predicted molar refractivity (Wildman–Crippen MR) is 92.6 cm³/mol. The molecule has 0 saturated heterocycles. The summed E-state index contributed by atoms with van der Waals surface area (Å²) in [7, 11) is 0. The molecule has 130 valence electrons. The van der Waals surface area contributed by atoms with E-state index in [9.17, 15) is 4.79 Å². The number of nitrogens with zero attached hydrogens (tertiary/aromatic N) is 4. The molecule has 8 nitrogen and oxygen atoms in total. The van der Waals surface area contributed by atoms with Gasteiger partial charge in [-0.05, 0) is 41.6 Å². The predicted octanol–water partition coefficient (Wildman–Crippen LogP) is 2.44. The number of rotatable bonds is 8. The number of benzene rings is 1. The van der Waals surface area contributed by atoms with Gasteiger partial charge in [-0.25, -0.2) is 4.68 Å². The summed E-state index contributed by atoms with van der Waals surface area (Å²) >= 11 is 1.25. The fraction of sp³-hybridized carbons (Fsp3) is 0.250. The zero-order chi connectivity index (χ0) is 17.5. The Morgan fingerprint density at radius 3 is 3.00 bits per heavy atom. The zero-order valence-electron chi connectivity index (χ0n) is 13.6. The number of amides is 1. The number of anilines is 1. The molecule has 1 N–H and O–H groups in total. The number of carbonyl (C=O) groups is 1. The molecule has 1 amide bonds. The summed E-state index contributed by atoms with van der Waals surface area (Å²) in [6.07, 6.45) is 1.59. The van der Waals surface area contributed by atoms with Gasteiger partial charge in [0.1, 0.15) is 18.1 Å². The van der Waals surface area contributed by atoms with E-state index in [1.807, 2.05) is 31.2 Å². The van der Waals surface area contributed by atoms with Crippen molar-refractivity contribution in [3.63, 3.8) is 0 Å².